The summed E-state index contributed by atoms with van der Waals surface area (Å²) in [7, 11) is 0. The molecule has 0 spiro atoms. The largest absolute Gasteiger partial charge is 0.484 e. The lowest BCUT2D eigenvalue weighted by molar-refractivity contribution is -0.137. The van der Waals surface area contributed by atoms with Gasteiger partial charge in [0.2, 0.25) is 0 Å². The van der Waals surface area contributed by atoms with Gasteiger partial charge in [0.15, 0.2) is 6.61 Å². The van der Waals surface area contributed by atoms with Gasteiger partial charge in [0.05, 0.1) is 24.8 Å². The zero-order chi connectivity index (χ0) is 22.1. The van der Waals surface area contributed by atoms with Crippen LogP contribution in [0, 0.1) is 5.92 Å². The van der Waals surface area contributed by atoms with Crippen molar-refractivity contribution in [3.8, 4) is 5.75 Å². The van der Waals surface area contributed by atoms with Gasteiger partial charge in [-0.1, -0.05) is 24.3 Å². The van der Waals surface area contributed by atoms with Gasteiger partial charge in [0, 0.05) is 24.7 Å². The Morgan fingerprint density at radius 2 is 1.91 bits per heavy atom. The summed E-state index contributed by atoms with van der Waals surface area (Å²) in [5.41, 5.74) is 3.48. The number of allylic oxidation sites excluding steroid dienone is 2. The SMILES string of the molecule is O=C(O)c1ccc2c(c1)[C@@H]1C=CC[C@@H]1[C@H](c1ccc(OCC(=O)N3CCOCC3)cc1)N2. The second-order valence-corrected chi connectivity index (χ2v) is 8.43. The normalized spacial score (nSPS) is 23.8. The number of carbonyl (C=O) groups excluding carboxylic acids is 1. The summed E-state index contributed by atoms with van der Waals surface area (Å²) in [6.45, 7) is 2.40. The molecule has 3 atom stereocenters. The number of nitrogens with one attached hydrogen (secondary N) is 1. The molecule has 1 fully saturated rings. The second kappa shape index (κ2) is 8.67. The first-order valence-corrected chi connectivity index (χ1v) is 11.0. The molecule has 2 aromatic rings. The number of carboxylic acids is 1. The van der Waals surface area contributed by atoms with Gasteiger partial charge in [0.1, 0.15) is 5.75 Å². The fourth-order valence-corrected chi connectivity index (χ4v) is 4.88. The Hall–Kier alpha value is -3.32. The number of hydrogen-bond donors (Lipinski definition) is 2. The molecule has 7 heteroatoms. The Bertz CT molecular complexity index is 1040. The molecule has 2 N–H and O–H groups in total. The Kier molecular flexibility index (Phi) is 5.57. The third-order valence-corrected chi connectivity index (χ3v) is 6.58. The minimum absolute atomic E-state index is 0.0227. The van der Waals surface area contributed by atoms with Crippen molar-refractivity contribution in [2.45, 2.75) is 18.4 Å². The van der Waals surface area contributed by atoms with Crippen LogP contribution in [-0.4, -0.2) is 54.8 Å². The number of nitrogens with zero attached hydrogens (tertiary/aromatic N) is 1. The van der Waals surface area contributed by atoms with E-state index in [1.165, 1.54) is 0 Å². The molecule has 32 heavy (non-hydrogen) atoms. The number of carbonyl (C=O) groups is 2. The summed E-state index contributed by atoms with van der Waals surface area (Å²) in [6, 6.07) is 13.3. The molecule has 2 aliphatic heterocycles. The first kappa shape index (κ1) is 20.6. The smallest absolute Gasteiger partial charge is 0.335 e. The molecule has 1 saturated heterocycles. The number of morpholine rings is 1. The average molecular weight is 434 g/mol. The summed E-state index contributed by atoms with van der Waals surface area (Å²) < 4.78 is 11.0. The van der Waals surface area contributed by atoms with Crippen LogP contribution in [0.3, 0.4) is 0 Å². The first-order valence-electron chi connectivity index (χ1n) is 11.0. The Balaban J connectivity index is 1.29. The van der Waals surface area contributed by atoms with Crippen molar-refractivity contribution in [1.82, 2.24) is 4.90 Å². The zero-order valence-electron chi connectivity index (χ0n) is 17.7. The van der Waals surface area contributed by atoms with Gasteiger partial charge in [-0.3, -0.25) is 4.79 Å². The molecule has 0 radical (unpaired) electrons. The Morgan fingerprint density at radius 3 is 2.66 bits per heavy atom. The monoisotopic (exact) mass is 434 g/mol. The highest BCUT2D eigenvalue weighted by atomic mass is 16.5. The van der Waals surface area contributed by atoms with Crippen molar-refractivity contribution in [2.75, 3.05) is 38.2 Å². The summed E-state index contributed by atoms with van der Waals surface area (Å²) in [6.07, 6.45) is 5.31. The fourth-order valence-electron chi connectivity index (χ4n) is 4.88. The fraction of sp³-hybridized carbons (Fsp3) is 0.360. The number of hydrogen-bond acceptors (Lipinski definition) is 5. The molecule has 2 aromatic carbocycles. The predicted molar refractivity (Wildman–Crippen MR) is 119 cm³/mol. The van der Waals surface area contributed by atoms with E-state index in [1.807, 2.05) is 30.3 Å². The highest BCUT2D eigenvalue weighted by molar-refractivity contribution is 5.89. The van der Waals surface area contributed by atoms with E-state index in [0.717, 1.165) is 23.2 Å². The number of ether oxygens (including phenoxy) is 2. The average Bonchev–Trinajstić information content (AvgIpc) is 3.33. The maximum Gasteiger partial charge on any atom is 0.335 e. The highest BCUT2D eigenvalue weighted by Crippen LogP contribution is 2.50. The van der Waals surface area contributed by atoms with Crippen LogP contribution in [0.25, 0.3) is 0 Å². The first-order chi connectivity index (χ1) is 15.6. The van der Waals surface area contributed by atoms with Gasteiger partial charge in [-0.2, -0.15) is 0 Å². The molecule has 0 aromatic heterocycles. The van der Waals surface area contributed by atoms with E-state index in [2.05, 4.69) is 17.5 Å². The molecular formula is C25H26N2O5. The topological polar surface area (TPSA) is 88.1 Å². The van der Waals surface area contributed by atoms with Crippen LogP contribution in [0.1, 0.15) is 39.9 Å². The molecule has 2 heterocycles. The van der Waals surface area contributed by atoms with Crippen molar-refractivity contribution in [2.24, 2.45) is 5.92 Å². The van der Waals surface area contributed by atoms with E-state index in [9.17, 15) is 14.7 Å². The van der Waals surface area contributed by atoms with Crippen LogP contribution in [0.15, 0.2) is 54.6 Å². The number of amides is 1. The number of anilines is 1. The highest BCUT2D eigenvalue weighted by Gasteiger charge is 2.38. The molecule has 166 valence electrons. The van der Waals surface area contributed by atoms with Crippen LogP contribution in [0.2, 0.25) is 0 Å². The third kappa shape index (κ3) is 3.96. The van der Waals surface area contributed by atoms with Crippen molar-refractivity contribution in [3.05, 3.63) is 71.3 Å². The summed E-state index contributed by atoms with van der Waals surface area (Å²) in [5.74, 6) is 0.247. The van der Waals surface area contributed by atoms with E-state index in [-0.39, 0.29) is 24.5 Å². The van der Waals surface area contributed by atoms with E-state index >= 15 is 0 Å². The molecule has 1 aliphatic carbocycles. The number of fused-ring (bicyclic) bond motifs is 3. The standard InChI is InChI=1S/C25H26N2O5/c28-23(27-10-12-31-13-11-27)15-32-18-7-4-16(5-8-18)24-20-3-1-2-19(20)21-14-17(25(29)30)6-9-22(21)26-24/h1-2,4-9,14,19-20,24,26H,3,10-13,15H2,(H,29,30)/t19-,20+,24+/m1/s1. The van der Waals surface area contributed by atoms with E-state index in [4.69, 9.17) is 9.47 Å². The Morgan fingerprint density at radius 1 is 1.12 bits per heavy atom. The van der Waals surface area contributed by atoms with E-state index in [1.54, 1.807) is 17.0 Å². The van der Waals surface area contributed by atoms with Gasteiger partial charge >= 0.3 is 5.97 Å². The summed E-state index contributed by atoms with van der Waals surface area (Å²) >= 11 is 0. The predicted octanol–water partition coefficient (Wildman–Crippen LogP) is 3.45. The maximum absolute atomic E-state index is 12.3. The molecule has 0 unspecified atom stereocenters. The Labute approximate surface area is 186 Å². The molecular weight excluding hydrogens is 408 g/mol. The molecule has 0 saturated carbocycles. The number of carboxylic acid groups (broad SMARTS) is 1. The zero-order valence-corrected chi connectivity index (χ0v) is 17.7. The number of aromatic carboxylic acids is 1. The van der Waals surface area contributed by atoms with Crippen molar-refractivity contribution in [3.63, 3.8) is 0 Å². The minimum Gasteiger partial charge on any atom is -0.484 e. The number of rotatable bonds is 5. The van der Waals surface area contributed by atoms with Crippen LogP contribution in [-0.2, 0) is 9.53 Å². The summed E-state index contributed by atoms with van der Waals surface area (Å²) in [5, 5.41) is 13.0. The lowest BCUT2D eigenvalue weighted by atomic mass is 9.76. The van der Waals surface area contributed by atoms with E-state index < -0.39 is 5.97 Å². The van der Waals surface area contributed by atoms with Crippen LogP contribution >= 0.6 is 0 Å². The molecule has 7 nitrogen and oxygen atoms in total. The van der Waals surface area contributed by atoms with E-state index in [0.29, 0.717) is 43.5 Å². The maximum atomic E-state index is 12.3. The molecule has 5 rings (SSSR count). The van der Waals surface area contributed by atoms with Gasteiger partial charge in [-0.25, -0.2) is 4.79 Å². The molecule has 0 bridgehead atoms. The van der Waals surface area contributed by atoms with Gasteiger partial charge in [0.25, 0.3) is 5.91 Å². The lowest BCUT2D eigenvalue weighted by Crippen LogP contribution is -2.42. The second-order valence-electron chi connectivity index (χ2n) is 8.43. The van der Waals surface area contributed by atoms with Crippen LogP contribution in [0.5, 0.6) is 5.75 Å². The molecule has 3 aliphatic rings. The van der Waals surface area contributed by atoms with Crippen molar-refractivity contribution >= 4 is 17.6 Å². The van der Waals surface area contributed by atoms with Crippen molar-refractivity contribution in [1.29, 1.82) is 0 Å². The summed E-state index contributed by atoms with van der Waals surface area (Å²) in [4.78, 5) is 25.5. The molecule has 1 amide bonds. The van der Waals surface area contributed by atoms with Gasteiger partial charge in [-0.05, 0) is 53.8 Å². The lowest BCUT2D eigenvalue weighted by Gasteiger charge is -2.37. The van der Waals surface area contributed by atoms with Gasteiger partial charge in [-0.15, -0.1) is 0 Å². The third-order valence-electron chi connectivity index (χ3n) is 6.58. The number of benzene rings is 2. The minimum atomic E-state index is -0.906. The quantitative estimate of drug-likeness (QED) is 0.701. The van der Waals surface area contributed by atoms with Gasteiger partial charge < -0.3 is 24.8 Å². The van der Waals surface area contributed by atoms with Crippen LogP contribution in [0.4, 0.5) is 5.69 Å². The van der Waals surface area contributed by atoms with Crippen LogP contribution < -0.4 is 10.1 Å². The van der Waals surface area contributed by atoms with Crippen molar-refractivity contribution < 1.29 is 24.2 Å².